The van der Waals surface area contributed by atoms with Gasteiger partial charge in [0.2, 0.25) is 5.91 Å². The highest BCUT2D eigenvalue weighted by Crippen LogP contribution is 2.28. The zero-order valence-corrected chi connectivity index (χ0v) is 9.85. The third kappa shape index (κ3) is 6.91. The van der Waals surface area contributed by atoms with Gasteiger partial charge in [-0.1, -0.05) is 0 Å². The van der Waals surface area contributed by atoms with Crippen molar-refractivity contribution in [1.29, 1.82) is 0 Å². The summed E-state index contributed by atoms with van der Waals surface area (Å²) in [7, 11) is 0. The summed E-state index contributed by atoms with van der Waals surface area (Å²) in [4.78, 5) is 21.7. The maximum Gasteiger partial charge on any atom is 0.303 e. The highest BCUT2D eigenvalue weighted by atomic mass is 16.5. The molecular weight excluding hydrogens is 224 g/mol. The maximum absolute atomic E-state index is 11.4. The van der Waals surface area contributed by atoms with Gasteiger partial charge >= 0.3 is 5.97 Å². The molecule has 0 heterocycles. The minimum Gasteiger partial charge on any atom is -0.481 e. The van der Waals surface area contributed by atoms with E-state index in [4.69, 9.17) is 15.6 Å². The molecule has 6 heteroatoms. The van der Waals surface area contributed by atoms with Crippen LogP contribution in [0.3, 0.4) is 0 Å². The molecule has 0 aliphatic heterocycles. The summed E-state index contributed by atoms with van der Waals surface area (Å²) in [6.45, 7) is 1.67. The second kappa shape index (κ2) is 7.24. The number of hydrogen-bond donors (Lipinski definition) is 3. The average molecular weight is 244 g/mol. The fourth-order valence-corrected chi connectivity index (χ4v) is 1.32. The average Bonchev–Trinajstić information content (AvgIpc) is 3.09. The number of carbonyl (C=O) groups is 2. The number of nitrogens with two attached hydrogens (primary N) is 1. The fourth-order valence-electron chi connectivity index (χ4n) is 1.32. The van der Waals surface area contributed by atoms with Crippen LogP contribution in [0.25, 0.3) is 0 Å². The van der Waals surface area contributed by atoms with E-state index >= 15 is 0 Å². The Kier molecular flexibility index (Phi) is 5.93. The molecule has 1 unspecified atom stereocenters. The maximum atomic E-state index is 11.4. The summed E-state index contributed by atoms with van der Waals surface area (Å²) >= 11 is 0. The van der Waals surface area contributed by atoms with E-state index in [1.54, 1.807) is 0 Å². The number of carbonyl (C=O) groups excluding carboxylic acids is 1. The molecule has 1 aliphatic rings. The van der Waals surface area contributed by atoms with Crippen LogP contribution < -0.4 is 11.1 Å². The lowest BCUT2D eigenvalue weighted by Crippen LogP contribution is -2.42. The lowest BCUT2D eigenvalue weighted by atomic mass is 10.1. The molecule has 1 rings (SSSR count). The van der Waals surface area contributed by atoms with Crippen LogP contribution in [0.1, 0.15) is 25.7 Å². The van der Waals surface area contributed by atoms with Crippen LogP contribution in [-0.4, -0.2) is 42.8 Å². The third-order valence-electron chi connectivity index (χ3n) is 2.60. The molecule has 0 aromatic carbocycles. The first-order valence-corrected chi connectivity index (χ1v) is 5.92. The first kappa shape index (κ1) is 13.9. The third-order valence-corrected chi connectivity index (χ3v) is 2.60. The molecule has 1 saturated carbocycles. The summed E-state index contributed by atoms with van der Waals surface area (Å²) in [5.74, 6) is -0.550. The summed E-state index contributed by atoms with van der Waals surface area (Å²) in [6.07, 6.45) is 2.55. The molecule has 0 saturated heterocycles. The van der Waals surface area contributed by atoms with E-state index in [2.05, 4.69) is 5.32 Å². The van der Waals surface area contributed by atoms with Gasteiger partial charge in [-0.15, -0.1) is 0 Å². The quantitative estimate of drug-likeness (QED) is 0.484. The number of carboxylic acid groups (broad SMARTS) is 1. The van der Waals surface area contributed by atoms with E-state index in [0.717, 1.165) is 6.61 Å². The van der Waals surface area contributed by atoms with Crippen LogP contribution in [-0.2, 0) is 14.3 Å². The predicted molar refractivity (Wildman–Crippen MR) is 61.4 cm³/mol. The van der Waals surface area contributed by atoms with Gasteiger partial charge in [0.05, 0.1) is 12.6 Å². The van der Waals surface area contributed by atoms with Gasteiger partial charge in [-0.05, 0) is 25.2 Å². The molecule has 1 amide bonds. The van der Waals surface area contributed by atoms with Crippen LogP contribution in [0, 0.1) is 5.92 Å². The Morgan fingerprint density at radius 2 is 2.18 bits per heavy atom. The van der Waals surface area contributed by atoms with Crippen molar-refractivity contribution in [3.8, 4) is 0 Å². The first-order chi connectivity index (χ1) is 8.09. The van der Waals surface area contributed by atoms with E-state index in [1.807, 2.05) is 0 Å². The second-order valence-corrected chi connectivity index (χ2v) is 4.35. The largest absolute Gasteiger partial charge is 0.481 e. The van der Waals surface area contributed by atoms with Gasteiger partial charge in [-0.2, -0.15) is 0 Å². The normalized spacial score (nSPS) is 16.5. The first-order valence-electron chi connectivity index (χ1n) is 5.92. The van der Waals surface area contributed by atoms with Gasteiger partial charge in [0.15, 0.2) is 0 Å². The lowest BCUT2D eigenvalue weighted by molar-refractivity contribution is -0.137. The Morgan fingerprint density at radius 1 is 1.47 bits per heavy atom. The van der Waals surface area contributed by atoms with Crippen molar-refractivity contribution in [2.75, 3.05) is 19.8 Å². The standard InChI is InChI=1S/C11H20N2O4/c12-9(3-4-10(14)15)11(16)13-5-6-17-7-8-1-2-8/h8-9H,1-7,12H2,(H,13,16)(H,14,15). The molecule has 0 bridgehead atoms. The van der Waals surface area contributed by atoms with E-state index in [0.29, 0.717) is 19.1 Å². The van der Waals surface area contributed by atoms with Crippen molar-refractivity contribution in [3.63, 3.8) is 0 Å². The van der Waals surface area contributed by atoms with Crippen molar-refractivity contribution in [2.45, 2.75) is 31.7 Å². The molecule has 17 heavy (non-hydrogen) atoms. The van der Waals surface area contributed by atoms with Crippen LogP contribution in [0.15, 0.2) is 0 Å². The Balaban J connectivity index is 1.96. The summed E-state index contributed by atoms with van der Waals surface area (Å²) in [5.41, 5.74) is 5.52. The van der Waals surface area contributed by atoms with Crippen LogP contribution >= 0.6 is 0 Å². The van der Waals surface area contributed by atoms with E-state index in [-0.39, 0.29) is 18.7 Å². The molecule has 1 atom stereocenters. The monoisotopic (exact) mass is 244 g/mol. The summed E-state index contributed by atoms with van der Waals surface area (Å²) < 4.78 is 5.34. The predicted octanol–water partition coefficient (Wildman–Crippen LogP) is -0.279. The number of hydrogen-bond acceptors (Lipinski definition) is 4. The second-order valence-electron chi connectivity index (χ2n) is 4.35. The zero-order valence-electron chi connectivity index (χ0n) is 9.85. The Morgan fingerprint density at radius 3 is 2.76 bits per heavy atom. The Bertz CT molecular complexity index is 266. The lowest BCUT2D eigenvalue weighted by Gasteiger charge is -2.11. The van der Waals surface area contributed by atoms with Gasteiger partial charge in [-0.3, -0.25) is 9.59 Å². The number of ether oxygens (including phenoxy) is 1. The summed E-state index contributed by atoms with van der Waals surface area (Å²) in [6, 6.07) is -0.755. The highest BCUT2D eigenvalue weighted by Gasteiger charge is 2.21. The molecule has 0 spiro atoms. The van der Waals surface area contributed by atoms with Gasteiger partial charge in [0.1, 0.15) is 0 Å². The van der Waals surface area contributed by atoms with Crippen molar-refractivity contribution in [3.05, 3.63) is 0 Å². The number of aliphatic carboxylic acids is 1. The number of carboxylic acids is 1. The number of nitrogens with one attached hydrogen (secondary N) is 1. The van der Waals surface area contributed by atoms with Crippen molar-refractivity contribution >= 4 is 11.9 Å². The molecule has 98 valence electrons. The molecule has 0 aromatic rings. The van der Waals surface area contributed by atoms with Gasteiger partial charge < -0.3 is 20.9 Å². The molecule has 6 nitrogen and oxygen atoms in total. The van der Waals surface area contributed by atoms with Crippen molar-refractivity contribution in [1.82, 2.24) is 5.32 Å². The SMILES string of the molecule is NC(CCC(=O)O)C(=O)NCCOCC1CC1. The van der Waals surface area contributed by atoms with E-state index in [9.17, 15) is 9.59 Å². The van der Waals surface area contributed by atoms with Gasteiger partial charge in [-0.25, -0.2) is 0 Å². The van der Waals surface area contributed by atoms with E-state index < -0.39 is 12.0 Å². The molecule has 1 fully saturated rings. The minimum atomic E-state index is -0.944. The molecule has 0 aromatic heterocycles. The number of amides is 1. The molecule has 1 aliphatic carbocycles. The van der Waals surface area contributed by atoms with Crippen LogP contribution in [0.2, 0.25) is 0 Å². The van der Waals surface area contributed by atoms with Gasteiger partial charge in [0.25, 0.3) is 0 Å². The Labute approximate surface area is 101 Å². The number of rotatable bonds is 9. The van der Waals surface area contributed by atoms with Crippen molar-refractivity contribution < 1.29 is 19.4 Å². The molecule has 0 radical (unpaired) electrons. The summed E-state index contributed by atoms with van der Waals surface area (Å²) in [5, 5.41) is 11.1. The fraction of sp³-hybridized carbons (Fsp3) is 0.818. The minimum absolute atomic E-state index is 0.0905. The van der Waals surface area contributed by atoms with E-state index in [1.165, 1.54) is 12.8 Å². The Hall–Kier alpha value is -1.14. The highest BCUT2D eigenvalue weighted by molar-refractivity contribution is 5.82. The van der Waals surface area contributed by atoms with Crippen LogP contribution in [0.5, 0.6) is 0 Å². The van der Waals surface area contributed by atoms with Crippen LogP contribution in [0.4, 0.5) is 0 Å². The zero-order chi connectivity index (χ0) is 12.7. The molecule has 4 N–H and O–H groups in total. The van der Waals surface area contributed by atoms with Crippen molar-refractivity contribution in [2.24, 2.45) is 11.7 Å². The smallest absolute Gasteiger partial charge is 0.303 e. The van der Waals surface area contributed by atoms with Gasteiger partial charge in [0, 0.05) is 19.6 Å². The molecular formula is C11H20N2O4. The topological polar surface area (TPSA) is 102 Å².